The lowest BCUT2D eigenvalue weighted by Crippen LogP contribution is -2.48. The summed E-state index contributed by atoms with van der Waals surface area (Å²) >= 11 is 0. The number of carbonyl (C=O) groups is 3. The number of allylic oxidation sites excluding steroid dienone is 2. The summed E-state index contributed by atoms with van der Waals surface area (Å²) in [6, 6.07) is -0.861. The van der Waals surface area contributed by atoms with Gasteiger partial charge in [0, 0.05) is 45.7 Å². The quantitative estimate of drug-likeness (QED) is 0.0319. The van der Waals surface area contributed by atoms with Crippen molar-refractivity contribution in [1.29, 1.82) is 0 Å². The molecule has 1 heterocycles. The number of nitrogens with one attached hydrogen (secondary N) is 3. The molecule has 1 rings (SSSR count). The largest absolute Gasteiger partial charge is 0.466 e. The van der Waals surface area contributed by atoms with Crippen LogP contribution in [0.15, 0.2) is 12.2 Å². The predicted molar refractivity (Wildman–Crippen MR) is 244 cm³/mol. The second kappa shape index (κ2) is 43.1. The van der Waals surface area contributed by atoms with Gasteiger partial charge in [-0.1, -0.05) is 180 Å². The van der Waals surface area contributed by atoms with E-state index in [2.05, 4.69) is 46.8 Å². The summed E-state index contributed by atoms with van der Waals surface area (Å²) in [5.41, 5.74) is 0. The van der Waals surface area contributed by atoms with Crippen molar-refractivity contribution in [2.75, 3.05) is 59.0 Å². The molecule has 1 saturated heterocycles. The highest BCUT2D eigenvalue weighted by molar-refractivity contribution is 5.86. The molecule has 340 valence electrons. The van der Waals surface area contributed by atoms with Crippen LogP contribution in [0.2, 0.25) is 0 Å². The van der Waals surface area contributed by atoms with Gasteiger partial charge in [0.1, 0.15) is 6.04 Å². The third-order valence-corrected chi connectivity index (χ3v) is 11.5. The number of hydrogen-bond acceptors (Lipinski definition) is 8. The van der Waals surface area contributed by atoms with Crippen molar-refractivity contribution >= 4 is 17.8 Å². The van der Waals surface area contributed by atoms with Crippen molar-refractivity contribution in [1.82, 2.24) is 20.9 Å². The molecule has 58 heavy (non-hydrogen) atoms. The smallest absolute Gasteiger partial charge is 0.328 e. The number of rotatable bonds is 40. The molecule has 9 heteroatoms. The van der Waals surface area contributed by atoms with Crippen molar-refractivity contribution < 1.29 is 23.9 Å². The summed E-state index contributed by atoms with van der Waals surface area (Å²) in [6.07, 6.45) is 42.9. The molecule has 1 aliphatic rings. The molecule has 1 unspecified atom stereocenters. The number of ether oxygens (including phenoxy) is 2. The van der Waals surface area contributed by atoms with Gasteiger partial charge >= 0.3 is 11.9 Å². The first-order valence-corrected chi connectivity index (χ1v) is 25.0. The summed E-state index contributed by atoms with van der Waals surface area (Å²) in [4.78, 5) is 41.0. The number of unbranched alkanes of at least 4 members (excludes halogenated alkanes) is 27. The van der Waals surface area contributed by atoms with E-state index in [9.17, 15) is 14.4 Å². The van der Waals surface area contributed by atoms with Crippen LogP contribution in [0, 0.1) is 0 Å². The van der Waals surface area contributed by atoms with E-state index in [0.717, 1.165) is 77.8 Å². The van der Waals surface area contributed by atoms with Gasteiger partial charge in [-0.05, 0) is 44.9 Å². The molecule has 1 amide bonds. The molecular formula is C49H94N4O5. The Morgan fingerprint density at radius 2 is 0.931 bits per heavy atom. The second-order valence-electron chi connectivity index (χ2n) is 17.1. The molecule has 0 aromatic rings. The number of carbonyl (C=O) groups excluding carboxylic acids is 3. The number of nitrogens with zero attached hydrogens (tertiary/aromatic N) is 1. The Balaban J connectivity index is 2.26. The summed E-state index contributed by atoms with van der Waals surface area (Å²) < 4.78 is 11.2. The highest BCUT2D eigenvalue weighted by atomic mass is 16.5. The van der Waals surface area contributed by atoms with Crippen LogP contribution >= 0.6 is 0 Å². The molecular weight excluding hydrogens is 725 g/mol. The highest BCUT2D eigenvalue weighted by Gasteiger charge is 2.25. The fraction of sp³-hybridized carbons (Fsp3) is 0.898. The third kappa shape index (κ3) is 37.1. The van der Waals surface area contributed by atoms with Crippen LogP contribution in [-0.2, 0) is 23.9 Å². The summed E-state index contributed by atoms with van der Waals surface area (Å²) in [5, 5.41) is 9.64. The Hall–Kier alpha value is -1.97. The summed E-state index contributed by atoms with van der Waals surface area (Å²) in [5.74, 6) is -1.00. The normalized spacial score (nSPS) is 14.5. The average molecular weight is 819 g/mol. The summed E-state index contributed by atoms with van der Waals surface area (Å²) in [7, 11) is 0. The molecule has 0 saturated carbocycles. The number of hydrogen-bond donors (Lipinski definition) is 3. The Bertz CT molecular complexity index is 953. The lowest BCUT2D eigenvalue weighted by atomic mass is 10.0. The fourth-order valence-electron chi connectivity index (χ4n) is 7.66. The number of amides is 1. The third-order valence-electron chi connectivity index (χ3n) is 11.5. The molecule has 9 nitrogen and oxygen atoms in total. The zero-order valence-corrected chi connectivity index (χ0v) is 38.2. The van der Waals surface area contributed by atoms with Gasteiger partial charge in [0.15, 0.2) is 0 Å². The molecule has 0 bridgehead atoms. The number of esters is 2. The first-order chi connectivity index (χ1) is 28.6. The minimum atomic E-state index is -0.861. The average Bonchev–Trinajstić information content (AvgIpc) is 3.35. The van der Waals surface area contributed by atoms with Gasteiger partial charge in [0.25, 0.3) is 0 Å². The van der Waals surface area contributed by atoms with Gasteiger partial charge < -0.3 is 25.4 Å². The van der Waals surface area contributed by atoms with E-state index in [1.165, 1.54) is 154 Å². The lowest BCUT2D eigenvalue weighted by Gasteiger charge is -2.23. The maximum absolute atomic E-state index is 13.2. The van der Waals surface area contributed by atoms with Crippen LogP contribution in [0.3, 0.4) is 0 Å². The molecule has 0 aromatic heterocycles. The first-order valence-electron chi connectivity index (χ1n) is 25.0. The van der Waals surface area contributed by atoms with Gasteiger partial charge in [-0.25, -0.2) is 4.79 Å². The van der Waals surface area contributed by atoms with Crippen LogP contribution in [-0.4, -0.2) is 87.8 Å². The first kappa shape index (κ1) is 54.0. The van der Waals surface area contributed by atoms with E-state index in [4.69, 9.17) is 9.47 Å². The molecule has 1 fully saturated rings. The molecule has 0 aliphatic carbocycles. The maximum Gasteiger partial charge on any atom is 0.328 e. The molecule has 3 N–H and O–H groups in total. The van der Waals surface area contributed by atoms with E-state index < -0.39 is 12.0 Å². The second-order valence-corrected chi connectivity index (χ2v) is 17.1. The van der Waals surface area contributed by atoms with Crippen molar-refractivity contribution in [2.45, 2.75) is 225 Å². The van der Waals surface area contributed by atoms with Crippen LogP contribution < -0.4 is 16.0 Å². The zero-order valence-electron chi connectivity index (χ0n) is 38.2. The standard InChI is InChI=1S/C49H94N4O5/c1-3-5-7-9-11-13-15-17-19-21-23-25-27-29-31-33-43-57-48(55)36-35-46(52-47(54)45-53-41-39-50-37-38-51-40-42-53)49(56)58-44-34-32-30-28-26-24-22-20-18-16-14-12-10-8-6-4-2/h17,19,46,50-51H,3-16,18,20-45H2,1-2H3,(H,52,54)/b19-17-. The van der Waals surface area contributed by atoms with Gasteiger partial charge in [0.05, 0.1) is 19.8 Å². The minimum Gasteiger partial charge on any atom is -0.466 e. The topological polar surface area (TPSA) is 109 Å². The molecule has 0 radical (unpaired) electrons. The van der Waals surface area contributed by atoms with Crippen molar-refractivity contribution in [3.8, 4) is 0 Å². The van der Waals surface area contributed by atoms with Crippen LogP contribution in [0.4, 0.5) is 0 Å². The Morgan fingerprint density at radius 1 is 0.534 bits per heavy atom. The Morgan fingerprint density at radius 3 is 1.38 bits per heavy atom. The van der Waals surface area contributed by atoms with Crippen LogP contribution in [0.5, 0.6) is 0 Å². The monoisotopic (exact) mass is 819 g/mol. The van der Waals surface area contributed by atoms with Gasteiger partial charge in [-0.2, -0.15) is 0 Å². The molecule has 0 aromatic carbocycles. The molecule has 1 aliphatic heterocycles. The van der Waals surface area contributed by atoms with Gasteiger partial charge in [-0.15, -0.1) is 0 Å². The fourth-order valence-corrected chi connectivity index (χ4v) is 7.66. The highest BCUT2D eigenvalue weighted by Crippen LogP contribution is 2.15. The predicted octanol–water partition coefficient (Wildman–Crippen LogP) is 11.1. The van der Waals surface area contributed by atoms with Crippen molar-refractivity contribution in [3.63, 3.8) is 0 Å². The van der Waals surface area contributed by atoms with E-state index in [-0.39, 0.29) is 31.3 Å². The van der Waals surface area contributed by atoms with E-state index in [1.54, 1.807) is 0 Å². The lowest BCUT2D eigenvalue weighted by molar-refractivity contribution is -0.149. The van der Waals surface area contributed by atoms with Crippen LogP contribution in [0.25, 0.3) is 0 Å². The van der Waals surface area contributed by atoms with E-state index in [0.29, 0.717) is 13.2 Å². The van der Waals surface area contributed by atoms with Crippen LogP contribution in [0.1, 0.15) is 219 Å². The van der Waals surface area contributed by atoms with E-state index >= 15 is 0 Å². The molecule has 0 spiro atoms. The van der Waals surface area contributed by atoms with Crippen molar-refractivity contribution in [3.05, 3.63) is 12.2 Å². The minimum absolute atomic E-state index is 0.0724. The van der Waals surface area contributed by atoms with Gasteiger partial charge in [-0.3, -0.25) is 14.5 Å². The Kier molecular flexibility index (Phi) is 40.2. The van der Waals surface area contributed by atoms with Gasteiger partial charge in [0.2, 0.25) is 5.91 Å². The maximum atomic E-state index is 13.2. The summed E-state index contributed by atoms with van der Waals surface area (Å²) in [6.45, 7) is 10.4. The zero-order chi connectivity index (χ0) is 41.8. The SMILES string of the molecule is CCCCCCCC/C=C\CCCCCCCCOC(=O)CCC(NC(=O)CN1CCNCCNCC1)C(=O)OCCCCCCCCCCCCCCCCCC. The Labute approximate surface area is 358 Å². The molecule has 1 atom stereocenters. The van der Waals surface area contributed by atoms with Crippen molar-refractivity contribution in [2.24, 2.45) is 0 Å². The van der Waals surface area contributed by atoms with E-state index in [1.807, 2.05) is 0 Å².